The number of hydrogen-bond donors (Lipinski definition) is 2. The van der Waals surface area contributed by atoms with Crippen LogP contribution in [-0.4, -0.2) is 16.5 Å². The zero-order chi connectivity index (χ0) is 11.2. The lowest BCUT2D eigenvalue weighted by atomic mass is 10.3. The van der Waals surface area contributed by atoms with Crippen LogP contribution in [0.15, 0.2) is 36.5 Å². The Morgan fingerprint density at radius 1 is 1.25 bits per heavy atom. The molecule has 1 aromatic heterocycles. The van der Waals surface area contributed by atoms with Crippen molar-refractivity contribution < 1.29 is 4.74 Å². The molecule has 16 heavy (non-hydrogen) atoms. The summed E-state index contributed by atoms with van der Waals surface area (Å²) in [5.74, 6) is 1.67. The molecular weight excluding hydrogens is 202 g/mol. The fraction of sp³-hybridized carbons (Fsp3) is 0.250. The van der Waals surface area contributed by atoms with Crippen molar-refractivity contribution in [3.63, 3.8) is 0 Å². The largest absolute Gasteiger partial charge is 0.486 e. The fourth-order valence-electron chi connectivity index (χ4n) is 1.43. The fourth-order valence-corrected chi connectivity index (χ4v) is 1.43. The minimum Gasteiger partial charge on any atom is -0.486 e. The summed E-state index contributed by atoms with van der Waals surface area (Å²) in [7, 11) is 0. The van der Waals surface area contributed by atoms with Crippen LogP contribution >= 0.6 is 0 Å². The first-order chi connectivity index (χ1) is 7.88. The van der Waals surface area contributed by atoms with Gasteiger partial charge in [0.1, 0.15) is 18.2 Å². The van der Waals surface area contributed by atoms with E-state index in [1.54, 1.807) is 6.20 Å². The zero-order valence-electron chi connectivity index (χ0n) is 9.02. The van der Waals surface area contributed by atoms with Gasteiger partial charge in [0.15, 0.2) is 0 Å². The number of nitrogens with one attached hydrogen (secondary N) is 1. The van der Waals surface area contributed by atoms with Gasteiger partial charge in [0.25, 0.3) is 0 Å². The molecule has 1 aromatic carbocycles. The van der Waals surface area contributed by atoms with Crippen LogP contribution in [0.1, 0.15) is 11.5 Å². The molecule has 3 N–H and O–H groups in total. The Hall–Kier alpha value is -1.81. The summed E-state index contributed by atoms with van der Waals surface area (Å²) in [5, 5.41) is 0. The predicted molar refractivity (Wildman–Crippen MR) is 62.1 cm³/mol. The van der Waals surface area contributed by atoms with Crippen molar-refractivity contribution in [2.75, 3.05) is 6.54 Å². The van der Waals surface area contributed by atoms with Gasteiger partial charge in [-0.05, 0) is 18.7 Å². The number of aromatic amines is 1. The molecule has 0 aliphatic rings. The van der Waals surface area contributed by atoms with E-state index in [-0.39, 0.29) is 0 Å². The summed E-state index contributed by atoms with van der Waals surface area (Å²) in [6.07, 6.45) is 2.62. The summed E-state index contributed by atoms with van der Waals surface area (Å²) in [6.45, 7) is 1.08. The summed E-state index contributed by atoms with van der Waals surface area (Å²) < 4.78 is 5.56. The quantitative estimate of drug-likeness (QED) is 0.797. The first-order valence-corrected chi connectivity index (χ1v) is 5.29. The van der Waals surface area contributed by atoms with Crippen LogP contribution in [0.3, 0.4) is 0 Å². The molecule has 0 atom stereocenters. The van der Waals surface area contributed by atoms with E-state index in [0.717, 1.165) is 23.7 Å². The number of ether oxygens (including phenoxy) is 1. The maximum Gasteiger partial charge on any atom is 0.146 e. The molecular formula is C12H15N3O. The molecule has 0 unspecified atom stereocenters. The molecule has 1 heterocycles. The van der Waals surface area contributed by atoms with Crippen LogP contribution in [0.5, 0.6) is 5.75 Å². The van der Waals surface area contributed by atoms with Crippen LogP contribution < -0.4 is 10.5 Å². The zero-order valence-corrected chi connectivity index (χ0v) is 9.02. The molecule has 2 aromatic rings. The molecule has 0 radical (unpaired) electrons. The topological polar surface area (TPSA) is 63.9 Å². The lowest BCUT2D eigenvalue weighted by Crippen LogP contribution is -2.03. The molecule has 0 amide bonds. The summed E-state index contributed by atoms with van der Waals surface area (Å²) in [6, 6.07) is 9.68. The van der Waals surface area contributed by atoms with Gasteiger partial charge in [-0.25, -0.2) is 4.98 Å². The number of para-hydroxylation sites is 1. The van der Waals surface area contributed by atoms with Gasteiger partial charge in [-0.15, -0.1) is 0 Å². The number of imidazole rings is 1. The number of aromatic nitrogens is 2. The van der Waals surface area contributed by atoms with Crippen molar-refractivity contribution in [1.82, 2.24) is 9.97 Å². The molecule has 0 bridgehead atoms. The lowest BCUT2D eigenvalue weighted by molar-refractivity contribution is 0.297. The van der Waals surface area contributed by atoms with Crippen molar-refractivity contribution in [2.45, 2.75) is 13.0 Å². The van der Waals surface area contributed by atoms with Gasteiger partial charge in [-0.2, -0.15) is 0 Å². The molecule has 84 valence electrons. The lowest BCUT2D eigenvalue weighted by Gasteiger charge is -2.02. The molecule has 0 fully saturated rings. The van der Waals surface area contributed by atoms with E-state index in [1.165, 1.54) is 0 Å². The Bertz CT molecular complexity index is 425. The highest BCUT2D eigenvalue weighted by atomic mass is 16.5. The number of nitrogens with two attached hydrogens (primary N) is 1. The molecule has 4 heteroatoms. The van der Waals surface area contributed by atoms with Gasteiger partial charge in [0, 0.05) is 18.3 Å². The standard InChI is InChI=1S/C12H15N3O/c13-7-6-10-8-14-12(15-10)9-16-11-4-2-1-3-5-11/h1-5,8H,6-7,9,13H2,(H,14,15). The second kappa shape index (κ2) is 5.32. The van der Waals surface area contributed by atoms with Crippen molar-refractivity contribution in [3.05, 3.63) is 48.0 Å². The number of nitrogens with zero attached hydrogens (tertiary/aromatic N) is 1. The Kier molecular flexibility index (Phi) is 3.56. The Morgan fingerprint density at radius 3 is 2.81 bits per heavy atom. The molecule has 2 rings (SSSR count). The first kappa shape index (κ1) is 10.7. The van der Waals surface area contributed by atoms with Crippen LogP contribution in [0.2, 0.25) is 0 Å². The van der Waals surface area contributed by atoms with Gasteiger partial charge in [-0.3, -0.25) is 0 Å². The van der Waals surface area contributed by atoms with E-state index in [0.29, 0.717) is 13.2 Å². The van der Waals surface area contributed by atoms with Gasteiger partial charge in [-0.1, -0.05) is 18.2 Å². The van der Waals surface area contributed by atoms with Crippen molar-refractivity contribution in [3.8, 4) is 5.75 Å². The van der Waals surface area contributed by atoms with Gasteiger partial charge in [0.05, 0.1) is 0 Å². The number of rotatable bonds is 5. The van der Waals surface area contributed by atoms with Crippen molar-refractivity contribution in [2.24, 2.45) is 5.73 Å². The monoisotopic (exact) mass is 217 g/mol. The Morgan fingerprint density at radius 2 is 2.06 bits per heavy atom. The highest BCUT2D eigenvalue weighted by Gasteiger charge is 2.00. The average molecular weight is 217 g/mol. The highest BCUT2D eigenvalue weighted by Crippen LogP contribution is 2.10. The SMILES string of the molecule is NCCc1cnc(COc2ccccc2)[nH]1. The number of benzene rings is 1. The highest BCUT2D eigenvalue weighted by molar-refractivity contribution is 5.21. The van der Waals surface area contributed by atoms with Crippen molar-refractivity contribution >= 4 is 0 Å². The maximum atomic E-state index is 5.56. The smallest absolute Gasteiger partial charge is 0.146 e. The normalized spacial score (nSPS) is 10.3. The van der Waals surface area contributed by atoms with E-state index >= 15 is 0 Å². The molecule has 0 saturated carbocycles. The van der Waals surface area contributed by atoms with Crippen molar-refractivity contribution in [1.29, 1.82) is 0 Å². The Balaban J connectivity index is 1.89. The van der Waals surface area contributed by atoms with E-state index < -0.39 is 0 Å². The minimum atomic E-state index is 0.453. The molecule has 4 nitrogen and oxygen atoms in total. The number of hydrogen-bond acceptors (Lipinski definition) is 3. The van der Waals surface area contributed by atoms with Gasteiger partial charge < -0.3 is 15.5 Å². The van der Waals surface area contributed by atoms with Crippen LogP contribution in [0, 0.1) is 0 Å². The minimum absolute atomic E-state index is 0.453. The van der Waals surface area contributed by atoms with Crippen LogP contribution in [-0.2, 0) is 13.0 Å². The molecule has 0 spiro atoms. The number of H-pyrrole nitrogens is 1. The van der Waals surface area contributed by atoms with Gasteiger partial charge >= 0.3 is 0 Å². The summed E-state index contributed by atoms with van der Waals surface area (Å²) in [5.41, 5.74) is 6.51. The summed E-state index contributed by atoms with van der Waals surface area (Å²) >= 11 is 0. The average Bonchev–Trinajstić information content (AvgIpc) is 2.76. The van der Waals surface area contributed by atoms with Crippen LogP contribution in [0.25, 0.3) is 0 Å². The summed E-state index contributed by atoms with van der Waals surface area (Å²) in [4.78, 5) is 7.38. The van der Waals surface area contributed by atoms with E-state index in [1.807, 2.05) is 30.3 Å². The van der Waals surface area contributed by atoms with E-state index in [9.17, 15) is 0 Å². The van der Waals surface area contributed by atoms with Gasteiger partial charge in [0.2, 0.25) is 0 Å². The third-order valence-corrected chi connectivity index (χ3v) is 2.21. The Labute approximate surface area is 94.5 Å². The van der Waals surface area contributed by atoms with E-state index in [4.69, 9.17) is 10.5 Å². The third-order valence-electron chi connectivity index (χ3n) is 2.21. The molecule has 0 saturated heterocycles. The molecule has 0 aliphatic heterocycles. The van der Waals surface area contributed by atoms with E-state index in [2.05, 4.69) is 9.97 Å². The first-order valence-electron chi connectivity index (χ1n) is 5.29. The third kappa shape index (κ3) is 2.84. The van der Waals surface area contributed by atoms with Crippen LogP contribution in [0.4, 0.5) is 0 Å². The second-order valence-electron chi connectivity index (χ2n) is 3.50. The molecule has 0 aliphatic carbocycles. The maximum absolute atomic E-state index is 5.56. The second-order valence-corrected chi connectivity index (χ2v) is 3.50. The predicted octanol–water partition coefficient (Wildman–Crippen LogP) is 1.49.